The van der Waals surface area contributed by atoms with E-state index in [-0.39, 0.29) is 41.8 Å². The van der Waals surface area contributed by atoms with Gasteiger partial charge in [-0.1, -0.05) is 19.4 Å². The molecule has 0 aromatic carbocycles. The Hall–Kier alpha value is -3.31. The standard InChI is InChI=1S/C25H35N3O8/c1-17(20-15-36-24(28-20)19(26)14-29)13-18(30)9-5-4-7-11-23(31)34-12-8-3-2-6-10-22-27-21(16-35-22)25(32)33/h6,10,15-17,19,29H,2-5,7-9,11-14,26H2,1H3,(H,32,33)/b10-6+. The van der Waals surface area contributed by atoms with Gasteiger partial charge in [-0.15, -0.1) is 0 Å². The summed E-state index contributed by atoms with van der Waals surface area (Å²) in [6.45, 7) is 1.98. The van der Waals surface area contributed by atoms with Crippen molar-refractivity contribution in [1.82, 2.24) is 9.97 Å². The van der Waals surface area contributed by atoms with Gasteiger partial charge in [-0.3, -0.25) is 9.59 Å². The second-order valence-electron chi connectivity index (χ2n) is 8.60. The molecule has 4 N–H and O–H groups in total. The first kappa shape index (κ1) is 28.9. The summed E-state index contributed by atoms with van der Waals surface area (Å²) in [4.78, 5) is 42.8. The van der Waals surface area contributed by atoms with Crippen LogP contribution in [0, 0.1) is 0 Å². The Morgan fingerprint density at radius 3 is 2.58 bits per heavy atom. The van der Waals surface area contributed by atoms with Gasteiger partial charge in [-0.05, 0) is 38.2 Å². The van der Waals surface area contributed by atoms with Gasteiger partial charge in [0.05, 0.1) is 18.9 Å². The number of carboxylic acids is 1. The Morgan fingerprint density at radius 2 is 1.86 bits per heavy atom. The van der Waals surface area contributed by atoms with Crippen LogP contribution in [-0.4, -0.2) is 51.1 Å². The number of carboxylic acid groups (broad SMARTS) is 1. The average Bonchev–Trinajstić information content (AvgIpc) is 3.53. The van der Waals surface area contributed by atoms with Crippen LogP contribution in [0.4, 0.5) is 0 Å². The summed E-state index contributed by atoms with van der Waals surface area (Å²) in [5.74, 6) is -0.852. The zero-order chi connectivity index (χ0) is 26.3. The molecule has 0 spiro atoms. The van der Waals surface area contributed by atoms with E-state index in [0.29, 0.717) is 50.8 Å². The number of rotatable bonds is 18. The Morgan fingerprint density at radius 1 is 1.08 bits per heavy atom. The number of aromatic nitrogens is 2. The van der Waals surface area contributed by atoms with E-state index in [1.807, 2.05) is 13.0 Å². The molecule has 2 heterocycles. The van der Waals surface area contributed by atoms with Crippen molar-refractivity contribution in [3.63, 3.8) is 0 Å². The summed E-state index contributed by atoms with van der Waals surface area (Å²) < 4.78 is 15.5. The summed E-state index contributed by atoms with van der Waals surface area (Å²) in [5.41, 5.74) is 6.18. The van der Waals surface area contributed by atoms with Crippen molar-refractivity contribution < 1.29 is 38.2 Å². The number of ether oxygens (including phenoxy) is 1. The lowest BCUT2D eigenvalue weighted by molar-refractivity contribution is -0.143. The third-order valence-corrected chi connectivity index (χ3v) is 5.46. The van der Waals surface area contributed by atoms with Gasteiger partial charge in [0.1, 0.15) is 24.4 Å². The van der Waals surface area contributed by atoms with Gasteiger partial charge >= 0.3 is 11.9 Å². The number of esters is 1. The first-order valence-corrected chi connectivity index (χ1v) is 12.1. The molecule has 36 heavy (non-hydrogen) atoms. The zero-order valence-corrected chi connectivity index (χ0v) is 20.6. The Kier molecular flexibility index (Phi) is 12.6. The van der Waals surface area contributed by atoms with Gasteiger partial charge in [-0.2, -0.15) is 0 Å². The lowest BCUT2D eigenvalue weighted by Crippen LogP contribution is -2.15. The SMILES string of the molecule is CC(CC(=O)CCCCCC(=O)OCCCC/C=C/c1nc(C(=O)O)co1)c1coc(C(N)CO)n1. The second-order valence-corrected chi connectivity index (χ2v) is 8.60. The van der Waals surface area contributed by atoms with Crippen LogP contribution >= 0.6 is 0 Å². The molecule has 0 bridgehead atoms. The predicted octanol–water partition coefficient (Wildman–Crippen LogP) is 3.79. The summed E-state index contributed by atoms with van der Waals surface area (Å²) in [6, 6.07) is -0.668. The van der Waals surface area contributed by atoms with E-state index in [9.17, 15) is 14.4 Å². The maximum atomic E-state index is 12.2. The van der Waals surface area contributed by atoms with Gasteiger partial charge < -0.3 is 29.5 Å². The molecule has 0 aliphatic carbocycles. The third kappa shape index (κ3) is 10.5. The Labute approximate surface area is 209 Å². The lowest BCUT2D eigenvalue weighted by Gasteiger charge is -2.07. The molecule has 2 aromatic rings. The summed E-state index contributed by atoms with van der Waals surface area (Å²) in [7, 11) is 0. The molecule has 0 amide bonds. The van der Waals surface area contributed by atoms with Gasteiger partial charge in [0.25, 0.3) is 0 Å². The Bertz CT molecular complexity index is 997. The molecule has 0 saturated carbocycles. The molecular formula is C25H35N3O8. The highest BCUT2D eigenvalue weighted by Gasteiger charge is 2.18. The van der Waals surface area contributed by atoms with E-state index in [0.717, 1.165) is 25.5 Å². The van der Waals surface area contributed by atoms with Gasteiger partial charge in [-0.25, -0.2) is 14.8 Å². The molecule has 198 valence electrons. The van der Waals surface area contributed by atoms with E-state index in [1.165, 1.54) is 6.26 Å². The molecule has 2 rings (SSSR count). The molecule has 0 aliphatic rings. The van der Waals surface area contributed by atoms with Crippen molar-refractivity contribution in [1.29, 1.82) is 0 Å². The van der Waals surface area contributed by atoms with E-state index in [1.54, 1.807) is 6.08 Å². The third-order valence-electron chi connectivity index (χ3n) is 5.46. The van der Waals surface area contributed by atoms with Crippen LogP contribution in [0.1, 0.15) is 105 Å². The van der Waals surface area contributed by atoms with Gasteiger partial charge in [0, 0.05) is 25.2 Å². The van der Waals surface area contributed by atoms with Crippen LogP contribution in [0.5, 0.6) is 0 Å². The molecule has 11 nitrogen and oxygen atoms in total. The largest absolute Gasteiger partial charge is 0.476 e. The van der Waals surface area contributed by atoms with Crippen LogP contribution in [0.3, 0.4) is 0 Å². The molecule has 2 aromatic heterocycles. The smallest absolute Gasteiger partial charge is 0.357 e. The summed E-state index contributed by atoms with van der Waals surface area (Å²) in [5, 5.41) is 17.8. The van der Waals surface area contributed by atoms with E-state index < -0.39 is 12.0 Å². The first-order valence-electron chi connectivity index (χ1n) is 12.1. The number of carbonyl (C=O) groups is 3. The minimum Gasteiger partial charge on any atom is -0.476 e. The van der Waals surface area contributed by atoms with Crippen LogP contribution in [-0.2, 0) is 14.3 Å². The molecule has 2 atom stereocenters. The highest BCUT2D eigenvalue weighted by atomic mass is 16.5. The normalized spacial score (nSPS) is 13.1. The highest BCUT2D eigenvalue weighted by Crippen LogP contribution is 2.22. The van der Waals surface area contributed by atoms with Crippen molar-refractivity contribution in [3.05, 3.63) is 41.8 Å². The fourth-order valence-electron chi connectivity index (χ4n) is 3.36. The molecule has 0 radical (unpaired) electrons. The Balaban J connectivity index is 1.47. The molecular weight excluding hydrogens is 470 g/mol. The number of unbranched alkanes of at least 4 members (excludes halogenated alkanes) is 4. The van der Waals surface area contributed by atoms with Crippen LogP contribution in [0.25, 0.3) is 6.08 Å². The topological polar surface area (TPSA) is 179 Å². The highest BCUT2D eigenvalue weighted by molar-refractivity contribution is 5.85. The average molecular weight is 506 g/mol. The molecule has 0 fully saturated rings. The van der Waals surface area contributed by atoms with Gasteiger partial charge in [0.2, 0.25) is 11.8 Å². The van der Waals surface area contributed by atoms with Crippen LogP contribution in [0.2, 0.25) is 0 Å². The van der Waals surface area contributed by atoms with Gasteiger partial charge in [0.15, 0.2) is 5.69 Å². The van der Waals surface area contributed by atoms with Crippen LogP contribution in [0.15, 0.2) is 27.4 Å². The number of allylic oxidation sites excluding steroid dienone is 1. The fraction of sp³-hybridized carbons (Fsp3) is 0.560. The first-order chi connectivity index (χ1) is 17.3. The monoisotopic (exact) mass is 505 g/mol. The summed E-state index contributed by atoms with van der Waals surface area (Å²) >= 11 is 0. The predicted molar refractivity (Wildman–Crippen MR) is 129 cm³/mol. The number of aliphatic hydroxyl groups excluding tert-OH is 1. The van der Waals surface area contributed by atoms with Crippen LogP contribution < -0.4 is 5.73 Å². The number of carbonyl (C=O) groups excluding carboxylic acids is 2. The molecule has 2 unspecified atom stereocenters. The number of hydrogen-bond donors (Lipinski definition) is 3. The minimum absolute atomic E-state index is 0.0991. The maximum Gasteiger partial charge on any atom is 0.357 e. The number of aliphatic hydroxyl groups is 1. The number of hydrogen-bond acceptors (Lipinski definition) is 10. The van der Waals surface area contributed by atoms with Crippen molar-refractivity contribution in [2.75, 3.05) is 13.2 Å². The fourth-order valence-corrected chi connectivity index (χ4v) is 3.36. The molecule has 11 heteroatoms. The number of nitrogens with zero attached hydrogens (tertiary/aromatic N) is 2. The molecule has 0 aliphatic heterocycles. The second kappa shape index (κ2) is 15.6. The van der Waals surface area contributed by atoms with Crippen molar-refractivity contribution in [3.8, 4) is 0 Å². The zero-order valence-electron chi connectivity index (χ0n) is 20.6. The molecule has 0 saturated heterocycles. The number of aromatic carboxylic acids is 1. The van der Waals surface area contributed by atoms with E-state index >= 15 is 0 Å². The minimum atomic E-state index is -1.14. The lowest BCUT2D eigenvalue weighted by atomic mass is 9.98. The number of Topliss-reactive ketones (excluding diaryl/α,β-unsaturated/α-hetero) is 1. The van der Waals surface area contributed by atoms with Crippen molar-refractivity contribution in [2.45, 2.75) is 76.7 Å². The number of oxazole rings is 2. The number of nitrogens with two attached hydrogens (primary N) is 1. The number of ketones is 1. The van der Waals surface area contributed by atoms with E-state index in [4.69, 9.17) is 29.5 Å². The quantitative estimate of drug-likeness (QED) is 0.198. The summed E-state index contributed by atoms with van der Waals surface area (Å²) in [6.07, 6.45) is 11.5. The van der Waals surface area contributed by atoms with Crippen molar-refractivity contribution in [2.24, 2.45) is 5.73 Å². The maximum absolute atomic E-state index is 12.2. The van der Waals surface area contributed by atoms with Crippen molar-refractivity contribution >= 4 is 23.8 Å². The van der Waals surface area contributed by atoms with E-state index in [2.05, 4.69) is 9.97 Å².